The van der Waals surface area contributed by atoms with Gasteiger partial charge in [0.05, 0.1) is 19.8 Å². The van der Waals surface area contributed by atoms with E-state index in [1.165, 1.54) is 7.11 Å². The molecule has 0 aliphatic rings. The van der Waals surface area contributed by atoms with E-state index in [0.29, 0.717) is 11.3 Å². The van der Waals surface area contributed by atoms with Crippen molar-refractivity contribution in [2.75, 3.05) is 13.7 Å². The number of hydrogen-bond donors (Lipinski definition) is 1. The average molecular weight is 320 g/mol. The van der Waals surface area contributed by atoms with Crippen LogP contribution >= 0.6 is 12.4 Å². The average Bonchev–Trinajstić information content (AvgIpc) is 2.45. The quantitative estimate of drug-likeness (QED) is 0.818. The van der Waals surface area contributed by atoms with Crippen molar-refractivity contribution >= 4 is 18.4 Å². The lowest BCUT2D eigenvalue weighted by atomic mass is 9.95. The van der Waals surface area contributed by atoms with Crippen LogP contribution in [0.5, 0.6) is 5.75 Å². The molecule has 120 valence electrons. The summed E-state index contributed by atoms with van der Waals surface area (Å²) in [5.74, 6) is -0.210. The Morgan fingerprint density at radius 3 is 2.48 bits per heavy atom. The van der Waals surface area contributed by atoms with Crippen LogP contribution in [0.15, 0.2) is 18.2 Å². The maximum atomic E-state index is 14.1. The number of nitrogens with two attached hydrogens (primary N) is 1. The fourth-order valence-corrected chi connectivity index (χ4v) is 1.90. The third-order valence-electron chi connectivity index (χ3n) is 3.11. The van der Waals surface area contributed by atoms with Crippen molar-refractivity contribution in [2.45, 2.75) is 38.9 Å². The second-order valence-corrected chi connectivity index (χ2v) is 4.84. The molecule has 2 N–H and O–H groups in total. The number of rotatable bonds is 6. The molecule has 0 heterocycles. The number of methoxy groups -OCH3 is 1. The van der Waals surface area contributed by atoms with Gasteiger partial charge in [-0.1, -0.05) is 26.0 Å². The number of hydrogen-bond acceptors (Lipinski definition) is 4. The molecule has 0 aliphatic carbocycles. The molecule has 0 spiro atoms. The van der Waals surface area contributed by atoms with Crippen LogP contribution in [0.3, 0.4) is 0 Å². The smallest absolute Gasteiger partial charge is 0.342 e. The number of carbonyl (C=O) groups excluding carboxylic acids is 1. The summed E-state index contributed by atoms with van der Waals surface area (Å²) in [6, 6.07) is 4.31. The molecular formula is C15H23ClFNO3. The highest BCUT2D eigenvalue weighted by Gasteiger charge is 2.30. The van der Waals surface area contributed by atoms with Crippen LogP contribution in [0.25, 0.3) is 0 Å². The van der Waals surface area contributed by atoms with Crippen LogP contribution in [0.4, 0.5) is 4.39 Å². The van der Waals surface area contributed by atoms with E-state index in [4.69, 9.17) is 10.5 Å². The van der Waals surface area contributed by atoms with Crippen LogP contribution in [-0.2, 0) is 9.53 Å². The Bertz CT molecular complexity index is 468. The fourth-order valence-electron chi connectivity index (χ4n) is 1.90. The number of esters is 1. The summed E-state index contributed by atoms with van der Waals surface area (Å²) in [6.45, 7) is 5.79. The van der Waals surface area contributed by atoms with Crippen molar-refractivity contribution < 1.29 is 18.7 Å². The summed E-state index contributed by atoms with van der Waals surface area (Å²) in [5, 5.41) is 0. The van der Waals surface area contributed by atoms with Gasteiger partial charge in [-0.25, -0.2) is 9.18 Å². The van der Waals surface area contributed by atoms with E-state index in [-0.39, 0.29) is 24.9 Å². The Morgan fingerprint density at radius 1 is 1.38 bits per heavy atom. The van der Waals surface area contributed by atoms with Crippen molar-refractivity contribution in [3.63, 3.8) is 0 Å². The number of alkyl halides is 1. The minimum absolute atomic E-state index is 0. The molecule has 0 aliphatic heterocycles. The number of carbonyl (C=O) groups is 1. The molecule has 4 nitrogen and oxygen atoms in total. The summed E-state index contributed by atoms with van der Waals surface area (Å²) in [7, 11) is 1.48. The molecule has 0 radical (unpaired) electrons. The molecule has 0 fully saturated rings. The van der Waals surface area contributed by atoms with Crippen molar-refractivity contribution in [3.05, 3.63) is 29.3 Å². The van der Waals surface area contributed by atoms with Crippen molar-refractivity contribution in [3.8, 4) is 5.75 Å². The molecule has 0 saturated carbocycles. The molecular weight excluding hydrogens is 297 g/mol. The highest BCUT2D eigenvalue weighted by molar-refractivity contribution is 5.85. The van der Waals surface area contributed by atoms with E-state index >= 15 is 0 Å². The maximum absolute atomic E-state index is 14.1. The third kappa shape index (κ3) is 4.86. The van der Waals surface area contributed by atoms with Gasteiger partial charge in [0.15, 0.2) is 0 Å². The number of benzene rings is 1. The van der Waals surface area contributed by atoms with Crippen molar-refractivity contribution in [1.82, 2.24) is 0 Å². The fraction of sp³-hybridized carbons (Fsp3) is 0.533. The van der Waals surface area contributed by atoms with Crippen LogP contribution in [0.2, 0.25) is 0 Å². The van der Waals surface area contributed by atoms with Gasteiger partial charge in [-0.2, -0.15) is 0 Å². The van der Waals surface area contributed by atoms with Crippen LogP contribution in [0.1, 0.15) is 43.9 Å². The van der Waals surface area contributed by atoms with E-state index < -0.39 is 18.2 Å². The number of halogens is 2. The molecule has 21 heavy (non-hydrogen) atoms. The first-order valence-corrected chi connectivity index (χ1v) is 6.66. The normalized spacial score (nSPS) is 13.3. The molecule has 0 amide bonds. The molecule has 0 bridgehead atoms. The summed E-state index contributed by atoms with van der Waals surface area (Å²) in [6.07, 6.45) is -1.91. The Labute approximate surface area is 131 Å². The Hall–Kier alpha value is -1.33. The largest absolute Gasteiger partial charge is 0.496 e. The van der Waals surface area contributed by atoms with Gasteiger partial charge in [-0.15, -0.1) is 12.4 Å². The first-order valence-electron chi connectivity index (χ1n) is 6.66. The zero-order valence-corrected chi connectivity index (χ0v) is 13.6. The Kier molecular flexibility index (Phi) is 8.29. The zero-order chi connectivity index (χ0) is 15.3. The van der Waals surface area contributed by atoms with Crippen LogP contribution < -0.4 is 10.5 Å². The van der Waals surface area contributed by atoms with Gasteiger partial charge >= 0.3 is 5.97 Å². The lowest BCUT2D eigenvalue weighted by molar-refractivity contribution is -0.149. The van der Waals surface area contributed by atoms with Gasteiger partial charge in [0.1, 0.15) is 5.75 Å². The van der Waals surface area contributed by atoms with Crippen molar-refractivity contribution in [2.24, 2.45) is 5.73 Å². The molecule has 6 heteroatoms. The SMILES string of the molecule is CCOC(=O)C(F)[C@@H](N)c1cc(C(C)C)ccc1OC.Cl. The predicted molar refractivity (Wildman–Crippen MR) is 82.8 cm³/mol. The summed E-state index contributed by atoms with van der Waals surface area (Å²) >= 11 is 0. The zero-order valence-electron chi connectivity index (χ0n) is 12.8. The minimum Gasteiger partial charge on any atom is -0.496 e. The van der Waals surface area contributed by atoms with E-state index in [0.717, 1.165) is 5.56 Å². The van der Waals surface area contributed by atoms with E-state index in [1.807, 2.05) is 19.9 Å². The standard InChI is InChI=1S/C15H22FNO3.ClH/c1-5-20-15(18)13(16)14(17)11-8-10(9(2)3)6-7-12(11)19-4;/h6-9,13-14H,5,17H2,1-4H3;1H/t13?,14-;/m0./s1. The van der Waals surface area contributed by atoms with E-state index in [2.05, 4.69) is 4.74 Å². The predicted octanol–water partition coefficient (Wildman–Crippen LogP) is 3.14. The highest BCUT2D eigenvalue weighted by Crippen LogP contribution is 2.30. The van der Waals surface area contributed by atoms with Crippen LogP contribution in [-0.4, -0.2) is 25.9 Å². The lowest BCUT2D eigenvalue weighted by Crippen LogP contribution is -2.32. The minimum atomic E-state index is -1.91. The van der Waals surface area contributed by atoms with Gasteiger partial charge in [-0.3, -0.25) is 0 Å². The highest BCUT2D eigenvalue weighted by atomic mass is 35.5. The first-order chi connectivity index (χ1) is 9.42. The maximum Gasteiger partial charge on any atom is 0.342 e. The summed E-state index contributed by atoms with van der Waals surface area (Å²) < 4.78 is 23.9. The van der Waals surface area contributed by atoms with Crippen molar-refractivity contribution in [1.29, 1.82) is 0 Å². The first kappa shape index (κ1) is 19.7. The molecule has 1 aromatic carbocycles. The van der Waals surface area contributed by atoms with E-state index in [1.54, 1.807) is 19.1 Å². The summed E-state index contributed by atoms with van der Waals surface area (Å²) in [5.41, 5.74) is 7.34. The Balaban J connectivity index is 0.00000400. The topological polar surface area (TPSA) is 61.5 Å². The second-order valence-electron chi connectivity index (χ2n) is 4.84. The molecule has 0 saturated heterocycles. The van der Waals surface area contributed by atoms with Crippen LogP contribution in [0, 0.1) is 0 Å². The molecule has 1 unspecified atom stereocenters. The van der Waals surface area contributed by atoms with Gasteiger partial charge in [0, 0.05) is 5.56 Å². The monoisotopic (exact) mass is 319 g/mol. The lowest BCUT2D eigenvalue weighted by Gasteiger charge is -2.20. The molecule has 0 aromatic heterocycles. The molecule has 1 aromatic rings. The van der Waals surface area contributed by atoms with E-state index in [9.17, 15) is 9.18 Å². The molecule has 2 atom stereocenters. The molecule has 1 rings (SSSR count). The number of ether oxygens (including phenoxy) is 2. The van der Waals surface area contributed by atoms with Gasteiger partial charge in [0.2, 0.25) is 6.17 Å². The van der Waals surface area contributed by atoms with Gasteiger partial charge in [0.25, 0.3) is 0 Å². The van der Waals surface area contributed by atoms with Gasteiger partial charge in [-0.05, 0) is 24.5 Å². The van der Waals surface area contributed by atoms with Gasteiger partial charge < -0.3 is 15.2 Å². The summed E-state index contributed by atoms with van der Waals surface area (Å²) in [4.78, 5) is 11.5. The third-order valence-corrected chi connectivity index (χ3v) is 3.11. The Morgan fingerprint density at radius 2 is 2.00 bits per heavy atom. The second kappa shape index (κ2) is 8.85.